The smallest absolute Gasteiger partial charge is 0.320 e. The lowest BCUT2D eigenvalue weighted by molar-refractivity contribution is -0.137. The van der Waals surface area contributed by atoms with Crippen LogP contribution >= 0.6 is 7.60 Å². The Morgan fingerprint density at radius 1 is 1.03 bits per heavy atom. The molecule has 0 aliphatic heterocycles. The summed E-state index contributed by atoms with van der Waals surface area (Å²) in [6, 6.07) is 12.8. The van der Waals surface area contributed by atoms with Crippen LogP contribution in [-0.4, -0.2) is 30.1 Å². The molecule has 35 heavy (non-hydrogen) atoms. The van der Waals surface area contributed by atoms with Gasteiger partial charge in [-0.1, -0.05) is 24.3 Å². The molecule has 3 N–H and O–H groups in total. The summed E-state index contributed by atoms with van der Waals surface area (Å²) < 4.78 is 53.6. The third kappa shape index (κ3) is 4.84. The van der Waals surface area contributed by atoms with Crippen LogP contribution in [-0.2, 0) is 15.5 Å². The van der Waals surface area contributed by atoms with E-state index in [1.807, 2.05) is 0 Å². The molecule has 0 radical (unpaired) electrons. The lowest BCUT2D eigenvalue weighted by Gasteiger charge is -2.13. The Bertz CT molecular complexity index is 1510. The third-order valence-corrected chi connectivity index (χ3v) is 6.41. The number of carbonyl (C=O) groups is 1. The molecule has 12 heteroatoms. The molecule has 1 aliphatic carbocycles. The zero-order valence-corrected chi connectivity index (χ0v) is 18.8. The highest BCUT2D eigenvalue weighted by atomic mass is 31.2. The van der Waals surface area contributed by atoms with Crippen molar-refractivity contribution >= 4 is 30.4 Å². The van der Waals surface area contributed by atoms with E-state index in [2.05, 4.69) is 15.3 Å². The molecule has 0 unspecified atom stereocenters. The average Bonchev–Trinajstić information content (AvgIpc) is 3.57. The number of nitrogens with one attached hydrogen (secondary N) is 1. The first-order valence-corrected chi connectivity index (χ1v) is 12.2. The number of alkyl halides is 3. The Hall–Kier alpha value is -3.53. The molecule has 0 saturated heterocycles. The molecule has 1 saturated carbocycles. The number of halogens is 3. The molecule has 1 amide bonds. The number of amides is 1. The van der Waals surface area contributed by atoms with Gasteiger partial charge in [-0.2, -0.15) is 13.2 Å². The highest BCUT2D eigenvalue weighted by Crippen LogP contribution is 2.38. The van der Waals surface area contributed by atoms with Crippen LogP contribution in [0.4, 0.5) is 19.0 Å². The van der Waals surface area contributed by atoms with Crippen LogP contribution in [0.5, 0.6) is 0 Å². The minimum Gasteiger partial charge on any atom is -0.320 e. The molecule has 0 spiro atoms. The fourth-order valence-corrected chi connectivity index (χ4v) is 4.24. The van der Waals surface area contributed by atoms with E-state index in [1.54, 1.807) is 47.0 Å². The molecule has 1 aromatic carbocycles. The summed E-state index contributed by atoms with van der Waals surface area (Å²) in [5.41, 5.74) is -0.356. The van der Waals surface area contributed by atoms with Gasteiger partial charge in [-0.15, -0.1) is 0 Å². The Balaban J connectivity index is 1.57. The maximum atomic E-state index is 13.4. The predicted molar refractivity (Wildman–Crippen MR) is 122 cm³/mol. The number of carbonyl (C=O) groups excluding carboxylic acids is 1. The molecule has 3 heterocycles. The minimum atomic E-state index is -5.03. The molecule has 1 fully saturated rings. The van der Waals surface area contributed by atoms with Crippen molar-refractivity contribution in [3.8, 4) is 22.5 Å². The average molecular weight is 502 g/mol. The molecule has 1 aliphatic rings. The summed E-state index contributed by atoms with van der Waals surface area (Å²) in [4.78, 5) is 39.2. The quantitative estimate of drug-likeness (QED) is 0.352. The van der Waals surface area contributed by atoms with Gasteiger partial charge in [0.25, 0.3) is 0 Å². The molecule has 180 valence electrons. The van der Waals surface area contributed by atoms with Crippen LogP contribution in [0.3, 0.4) is 0 Å². The van der Waals surface area contributed by atoms with E-state index in [1.165, 1.54) is 6.07 Å². The zero-order chi connectivity index (χ0) is 25.0. The molecule has 3 aromatic heterocycles. The van der Waals surface area contributed by atoms with E-state index in [9.17, 15) is 32.3 Å². The standard InChI is InChI=1S/C23H18F3N4O4P/c24-23(25,26)16-10-17(27-21(11-16)35(32,33)34)14-3-1-4-15(9-14)18-5-2-6-20-28-19(12-30(18)20)29-22(31)13-7-8-13/h1-6,9-13H,7-8H2,(H,29,31)(H2,32,33,34). The first kappa shape index (κ1) is 23.2. The van der Waals surface area contributed by atoms with Crippen LogP contribution < -0.4 is 10.8 Å². The highest BCUT2D eigenvalue weighted by Gasteiger charge is 2.34. The van der Waals surface area contributed by atoms with Gasteiger partial charge in [0.1, 0.15) is 5.65 Å². The van der Waals surface area contributed by atoms with E-state index in [0.29, 0.717) is 28.8 Å². The van der Waals surface area contributed by atoms with Gasteiger partial charge in [0.05, 0.1) is 23.1 Å². The second-order valence-electron chi connectivity index (χ2n) is 8.25. The number of imidazole rings is 1. The highest BCUT2D eigenvalue weighted by molar-refractivity contribution is 7.60. The van der Waals surface area contributed by atoms with Gasteiger partial charge in [-0.3, -0.25) is 13.8 Å². The van der Waals surface area contributed by atoms with Crippen molar-refractivity contribution in [1.29, 1.82) is 0 Å². The second kappa shape index (κ2) is 8.30. The van der Waals surface area contributed by atoms with Crippen LogP contribution in [0.15, 0.2) is 60.8 Å². The van der Waals surface area contributed by atoms with E-state index in [-0.39, 0.29) is 23.1 Å². The fraction of sp³-hybridized carbons (Fsp3) is 0.174. The summed E-state index contributed by atoms with van der Waals surface area (Å²) in [5, 5.41) is 2.79. The molecular weight excluding hydrogens is 484 g/mol. The lowest BCUT2D eigenvalue weighted by Crippen LogP contribution is -2.16. The van der Waals surface area contributed by atoms with E-state index in [0.717, 1.165) is 18.9 Å². The van der Waals surface area contributed by atoms with Gasteiger partial charge >= 0.3 is 13.8 Å². The van der Waals surface area contributed by atoms with Crippen molar-refractivity contribution in [1.82, 2.24) is 14.4 Å². The van der Waals surface area contributed by atoms with Crippen molar-refractivity contribution in [3.05, 3.63) is 66.4 Å². The fourth-order valence-electron chi connectivity index (χ4n) is 3.69. The monoisotopic (exact) mass is 502 g/mol. The predicted octanol–water partition coefficient (Wildman–Crippen LogP) is 4.23. The van der Waals surface area contributed by atoms with Crippen molar-refractivity contribution in [2.75, 3.05) is 5.32 Å². The van der Waals surface area contributed by atoms with E-state index in [4.69, 9.17) is 0 Å². The molecule has 0 atom stereocenters. The summed E-state index contributed by atoms with van der Waals surface area (Å²) in [6.07, 6.45) is -1.45. The normalized spacial score (nSPS) is 14.3. The number of anilines is 1. The summed E-state index contributed by atoms with van der Waals surface area (Å²) in [5.74, 6) is 0.304. The first-order valence-electron chi connectivity index (χ1n) is 10.5. The van der Waals surface area contributed by atoms with Crippen molar-refractivity contribution in [2.24, 2.45) is 5.92 Å². The Labute approximate surface area is 196 Å². The molecule has 5 rings (SSSR count). The van der Waals surface area contributed by atoms with Crippen molar-refractivity contribution in [3.63, 3.8) is 0 Å². The number of pyridine rings is 2. The van der Waals surface area contributed by atoms with Gasteiger partial charge < -0.3 is 15.1 Å². The van der Waals surface area contributed by atoms with E-state index >= 15 is 0 Å². The minimum absolute atomic E-state index is 0.00830. The topological polar surface area (TPSA) is 117 Å². The lowest BCUT2D eigenvalue weighted by atomic mass is 10.0. The maximum Gasteiger partial charge on any atom is 0.416 e. The third-order valence-electron chi connectivity index (χ3n) is 5.58. The van der Waals surface area contributed by atoms with Gasteiger partial charge in [-0.05, 0) is 48.7 Å². The number of hydrogen-bond acceptors (Lipinski definition) is 4. The number of hydrogen-bond donors (Lipinski definition) is 3. The van der Waals surface area contributed by atoms with Gasteiger partial charge in [0.15, 0.2) is 11.3 Å². The Morgan fingerprint density at radius 3 is 2.43 bits per heavy atom. The Kier molecular flexibility index (Phi) is 5.51. The number of nitrogens with zero attached hydrogens (tertiary/aromatic N) is 3. The number of fused-ring (bicyclic) bond motifs is 1. The van der Waals surface area contributed by atoms with Crippen LogP contribution in [0.1, 0.15) is 18.4 Å². The van der Waals surface area contributed by atoms with Gasteiger partial charge in [0.2, 0.25) is 5.91 Å². The molecule has 0 bridgehead atoms. The summed E-state index contributed by atoms with van der Waals surface area (Å²) in [6.45, 7) is 0. The van der Waals surface area contributed by atoms with Crippen LogP contribution in [0.2, 0.25) is 0 Å². The number of aromatic nitrogens is 3. The Morgan fingerprint density at radius 2 is 1.74 bits per heavy atom. The van der Waals surface area contributed by atoms with Crippen molar-refractivity contribution in [2.45, 2.75) is 19.0 Å². The first-order chi connectivity index (χ1) is 16.5. The molecule has 4 aromatic rings. The SMILES string of the molecule is O=C(Nc1cn2c(-c3cccc(-c4cc(C(F)(F)F)cc(P(=O)(O)O)n4)c3)cccc2n1)C1CC1. The van der Waals surface area contributed by atoms with Gasteiger partial charge in [-0.25, -0.2) is 9.97 Å². The molecular formula is C23H18F3N4O4P. The van der Waals surface area contributed by atoms with Crippen LogP contribution in [0, 0.1) is 5.92 Å². The zero-order valence-electron chi connectivity index (χ0n) is 17.9. The molecule has 8 nitrogen and oxygen atoms in total. The van der Waals surface area contributed by atoms with E-state index < -0.39 is 24.8 Å². The summed E-state index contributed by atoms with van der Waals surface area (Å²) >= 11 is 0. The van der Waals surface area contributed by atoms with Gasteiger partial charge in [0, 0.05) is 11.5 Å². The maximum absolute atomic E-state index is 13.4. The van der Waals surface area contributed by atoms with Crippen molar-refractivity contribution < 1.29 is 32.3 Å². The largest absolute Gasteiger partial charge is 0.416 e. The number of benzene rings is 1. The summed E-state index contributed by atoms with van der Waals surface area (Å²) in [7, 11) is -5.03. The van der Waals surface area contributed by atoms with Crippen LogP contribution in [0.25, 0.3) is 28.2 Å². The number of rotatable bonds is 5. The second-order valence-corrected chi connectivity index (χ2v) is 9.80.